The van der Waals surface area contributed by atoms with Crippen molar-refractivity contribution in [2.75, 3.05) is 0 Å². The maximum atomic E-state index is 4.24. The number of aromatic nitrogens is 3. The van der Waals surface area contributed by atoms with Crippen LogP contribution in [0, 0.1) is 13.8 Å². The Morgan fingerprint density at radius 1 is 1.38 bits per heavy atom. The molecule has 68 valence electrons. The average Bonchev–Trinajstić information content (AvgIpc) is 2.71. The van der Waals surface area contributed by atoms with Crippen molar-refractivity contribution in [3.05, 3.63) is 34.3 Å². The van der Waals surface area contributed by atoms with Gasteiger partial charge in [0.15, 0.2) is 0 Å². The van der Waals surface area contributed by atoms with Crippen LogP contribution in [0.4, 0.5) is 0 Å². The highest BCUT2D eigenvalue weighted by Crippen LogP contribution is 2.08. The fourth-order valence-corrected chi connectivity index (χ4v) is 1.74. The van der Waals surface area contributed by atoms with Crippen molar-refractivity contribution in [1.29, 1.82) is 0 Å². The first kappa shape index (κ1) is 8.44. The van der Waals surface area contributed by atoms with E-state index in [1.54, 1.807) is 11.3 Å². The lowest BCUT2D eigenvalue weighted by molar-refractivity contribution is 0.753. The Hall–Kier alpha value is -1.16. The molecule has 3 nitrogen and oxygen atoms in total. The lowest BCUT2D eigenvalue weighted by Crippen LogP contribution is -2.00. The van der Waals surface area contributed by atoms with Gasteiger partial charge < -0.3 is 4.57 Å². The van der Waals surface area contributed by atoms with E-state index >= 15 is 0 Å². The normalized spacial score (nSPS) is 10.6. The smallest absolute Gasteiger partial charge is 0.0955 e. The van der Waals surface area contributed by atoms with Gasteiger partial charge in [-0.05, 0) is 13.8 Å². The summed E-state index contributed by atoms with van der Waals surface area (Å²) in [7, 11) is 0. The summed E-state index contributed by atoms with van der Waals surface area (Å²) in [5.74, 6) is 0. The van der Waals surface area contributed by atoms with Crippen LogP contribution >= 0.6 is 11.3 Å². The van der Waals surface area contributed by atoms with Crippen LogP contribution in [0.25, 0.3) is 0 Å². The van der Waals surface area contributed by atoms with Gasteiger partial charge in [-0.3, -0.25) is 0 Å². The Bertz CT molecular complexity index is 389. The van der Waals surface area contributed by atoms with Crippen molar-refractivity contribution >= 4 is 11.3 Å². The predicted molar refractivity (Wildman–Crippen MR) is 52.9 cm³/mol. The van der Waals surface area contributed by atoms with Crippen LogP contribution in [-0.4, -0.2) is 14.5 Å². The third-order valence-electron chi connectivity index (χ3n) is 2.16. The summed E-state index contributed by atoms with van der Waals surface area (Å²) in [5.41, 5.74) is 5.27. The van der Waals surface area contributed by atoms with Crippen LogP contribution in [0.5, 0.6) is 0 Å². The Balaban J connectivity index is 2.24. The Labute approximate surface area is 81.1 Å². The van der Waals surface area contributed by atoms with Gasteiger partial charge in [0.05, 0.1) is 29.8 Å². The number of nitrogens with zero attached hydrogens (tertiary/aromatic N) is 3. The molecule has 0 aliphatic carbocycles. The number of imidazole rings is 1. The van der Waals surface area contributed by atoms with Gasteiger partial charge >= 0.3 is 0 Å². The minimum atomic E-state index is 0.830. The molecule has 0 amide bonds. The van der Waals surface area contributed by atoms with Crippen molar-refractivity contribution in [2.24, 2.45) is 0 Å². The van der Waals surface area contributed by atoms with E-state index in [0.717, 1.165) is 17.9 Å². The largest absolute Gasteiger partial charge is 0.329 e. The summed E-state index contributed by atoms with van der Waals surface area (Å²) in [5, 5.41) is 2.06. The van der Waals surface area contributed by atoms with Crippen molar-refractivity contribution in [1.82, 2.24) is 14.5 Å². The fourth-order valence-electron chi connectivity index (χ4n) is 1.19. The number of hydrogen-bond acceptors (Lipinski definition) is 3. The highest BCUT2D eigenvalue weighted by Gasteiger charge is 2.02. The molecule has 0 aliphatic heterocycles. The first-order valence-electron chi connectivity index (χ1n) is 4.13. The lowest BCUT2D eigenvalue weighted by Gasteiger charge is -2.01. The highest BCUT2D eigenvalue weighted by molar-refractivity contribution is 7.07. The molecule has 0 aromatic carbocycles. The van der Waals surface area contributed by atoms with Crippen LogP contribution in [0.1, 0.15) is 17.1 Å². The van der Waals surface area contributed by atoms with Crippen LogP contribution in [-0.2, 0) is 6.54 Å². The second-order valence-corrected chi connectivity index (χ2v) is 3.74. The van der Waals surface area contributed by atoms with Gasteiger partial charge in [0, 0.05) is 11.1 Å². The summed E-state index contributed by atoms with van der Waals surface area (Å²) in [4.78, 5) is 8.47. The summed E-state index contributed by atoms with van der Waals surface area (Å²) in [6, 6.07) is 0. The van der Waals surface area contributed by atoms with E-state index in [2.05, 4.69) is 26.8 Å². The molecule has 0 unspecified atom stereocenters. The quantitative estimate of drug-likeness (QED) is 0.730. The molecule has 0 spiro atoms. The van der Waals surface area contributed by atoms with E-state index < -0.39 is 0 Å². The van der Waals surface area contributed by atoms with E-state index in [9.17, 15) is 0 Å². The average molecular weight is 193 g/mol. The van der Waals surface area contributed by atoms with Gasteiger partial charge in [-0.25, -0.2) is 9.97 Å². The molecule has 0 saturated heterocycles. The fraction of sp³-hybridized carbons (Fsp3) is 0.333. The molecule has 4 heteroatoms. The maximum absolute atomic E-state index is 4.24. The number of thiazole rings is 1. The summed E-state index contributed by atoms with van der Waals surface area (Å²) in [6.07, 6.45) is 1.87. The molecule has 0 fully saturated rings. The molecule has 0 saturated carbocycles. The Morgan fingerprint density at radius 2 is 2.23 bits per heavy atom. The summed E-state index contributed by atoms with van der Waals surface area (Å²) >= 11 is 1.63. The Kier molecular flexibility index (Phi) is 2.14. The molecule has 2 rings (SSSR count). The van der Waals surface area contributed by atoms with Gasteiger partial charge in [0.25, 0.3) is 0 Å². The van der Waals surface area contributed by atoms with Crippen LogP contribution in [0.3, 0.4) is 0 Å². The maximum Gasteiger partial charge on any atom is 0.0955 e. The molecule has 2 heterocycles. The topological polar surface area (TPSA) is 30.7 Å². The molecule has 0 bridgehead atoms. The van der Waals surface area contributed by atoms with Crippen molar-refractivity contribution in [3.8, 4) is 0 Å². The SMILES string of the molecule is Cc1ncn(Cc2cscn2)c1C. The van der Waals surface area contributed by atoms with Gasteiger partial charge in [0.2, 0.25) is 0 Å². The van der Waals surface area contributed by atoms with Crippen LogP contribution in [0.15, 0.2) is 17.2 Å². The van der Waals surface area contributed by atoms with Crippen LogP contribution in [0.2, 0.25) is 0 Å². The lowest BCUT2D eigenvalue weighted by atomic mass is 10.3. The molecule has 0 N–H and O–H groups in total. The summed E-state index contributed by atoms with van der Waals surface area (Å²) in [6.45, 7) is 4.93. The van der Waals surface area contributed by atoms with Gasteiger partial charge in [-0.15, -0.1) is 11.3 Å². The minimum absolute atomic E-state index is 0.830. The standard InChI is InChI=1S/C9H11N3S/c1-7-8(2)12(5-10-7)3-9-4-13-6-11-9/h4-6H,3H2,1-2H3. The zero-order chi connectivity index (χ0) is 9.26. The third kappa shape index (κ3) is 1.62. The van der Waals surface area contributed by atoms with E-state index in [1.807, 2.05) is 18.8 Å². The Morgan fingerprint density at radius 3 is 2.77 bits per heavy atom. The van der Waals surface area contributed by atoms with Gasteiger partial charge in [-0.1, -0.05) is 0 Å². The van der Waals surface area contributed by atoms with Gasteiger partial charge in [-0.2, -0.15) is 0 Å². The third-order valence-corrected chi connectivity index (χ3v) is 2.80. The molecule has 2 aromatic heterocycles. The number of aryl methyl sites for hydroxylation is 1. The molecule has 2 aromatic rings. The van der Waals surface area contributed by atoms with Crippen molar-refractivity contribution in [2.45, 2.75) is 20.4 Å². The van der Waals surface area contributed by atoms with E-state index in [-0.39, 0.29) is 0 Å². The molecular weight excluding hydrogens is 182 g/mol. The monoisotopic (exact) mass is 193 g/mol. The first-order chi connectivity index (χ1) is 6.27. The van der Waals surface area contributed by atoms with E-state index in [4.69, 9.17) is 0 Å². The van der Waals surface area contributed by atoms with Crippen molar-refractivity contribution < 1.29 is 0 Å². The zero-order valence-electron chi connectivity index (χ0n) is 7.69. The van der Waals surface area contributed by atoms with E-state index in [0.29, 0.717) is 0 Å². The van der Waals surface area contributed by atoms with Gasteiger partial charge in [0.1, 0.15) is 0 Å². The van der Waals surface area contributed by atoms with E-state index in [1.165, 1.54) is 5.69 Å². The molecular formula is C9H11N3S. The van der Waals surface area contributed by atoms with Crippen LogP contribution < -0.4 is 0 Å². The molecule has 13 heavy (non-hydrogen) atoms. The number of rotatable bonds is 2. The molecule has 0 atom stereocenters. The second-order valence-electron chi connectivity index (χ2n) is 3.02. The first-order valence-corrected chi connectivity index (χ1v) is 5.07. The predicted octanol–water partition coefficient (Wildman–Crippen LogP) is 2.00. The zero-order valence-corrected chi connectivity index (χ0v) is 8.51. The summed E-state index contributed by atoms with van der Waals surface area (Å²) < 4.78 is 2.12. The minimum Gasteiger partial charge on any atom is -0.329 e. The van der Waals surface area contributed by atoms with Crippen molar-refractivity contribution in [3.63, 3.8) is 0 Å². The molecule has 0 radical (unpaired) electrons. The molecule has 0 aliphatic rings. The number of hydrogen-bond donors (Lipinski definition) is 0. The second kappa shape index (κ2) is 3.30. The highest BCUT2D eigenvalue weighted by atomic mass is 32.1.